The lowest BCUT2D eigenvalue weighted by Gasteiger charge is -2.13. The van der Waals surface area contributed by atoms with Crippen LogP contribution in [-0.4, -0.2) is 27.9 Å². The first-order valence-corrected chi connectivity index (χ1v) is 8.36. The Morgan fingerprint density at radius 3 is 2.46 bits per heavy atom. The number of nitro benzene ring substituents is 1. The number of non-ortho nitro benzene ring substituents is 1. The summed E-state index contributed by atoms with van der Waals surface area (Å²) in [7, 11) is 1.48. The molecule has 138 valence electrons. The van der Waals surface area contributed by atoms with Crippen molar-refractivity contribution in [3.63, 3.8) is 0 Å². The van der Waals surface area contributed by atoms with Gasteiger partial charge in [0.2, 0.25) is 0 Å². The molecule has 0 saturated carbocycles. The molecule has 0 aliphatic heterocycles. The van der Waals surface area contributed by atoms with E-state index in [2.05, 4.69) is 15.3 Å². The smallest absolute Gasteiger partial charge is 0.270 e. The molecule has 0 radical (unpaired) electrons. The number of hydrogen-bond acceptors (Lipinski definition) is 6. The van der Waals surface area contributed by atoms with Crippen LogP contribution in [-0.2, 0) is 0 Å². The molecule has 28 heavy (non-hydrogen) atoms. The van der Waals surface area contributed by atoms with Crippen LogP contribution < -0.4 is 10.1 Å². The predicted molar refractivity (Wildman–Crippen MR) is 105 cm³/mol. The second-order valence-electron chi connectivity index (χ2n) is 5.98. The van der Waals surface area contributed by atoms with Gasteiger partial charge in [-0.1, -0.05) is 18.2 Å². The van der Waals surface area contributed by atoms with Crippen LogP contribution in [0, 0.1) is 10.1 Å². The molecule has 4 rings (SSSR count). The largest absolute Gasteiger partial charge is 0.494 e. The van der Waals surface area contributed by atoms with Crippen molar-refractivity contribution in [2.75, 3.05) is 12.4 Å². The van der Waals surface area contributed by atoms with E-state index >= 15 is 0 Å². The number of nitrogens with zero attached hydrogens (tertiary/aromatic N) is 3. The minimum absolute atomic E-state index is 0.155. The lowest BCUT2D eigenvalue weighted by atomic mass is 10.1. The number of carbonyl (C=O) groups excluding carboxylic acids is 1. The van der Waals surface area contributed by atoms with Crippen molar-refractivity contribution in [1.82, 2.24) is 9.97 Å². The first-order valence-electron chi connectivity index (χ1n) is 8.36. The first-order chi connectivity index (χ1) is 13.6. The maximum absolute atomic E-state index is 12.7. The molecule has 0 spiro atoms. The normalized spacial score (nSPS) is 10.8. The Hall–Kier alpha value is -4.07. The minimum atomic E-state index is -0.549. The molecular weight excluding hydrogens is 360 g/mol. The maximum atomic E-state index is 12.7. The van der Waals surface area contributed by atoms with Gasteiger partial charge in [-0.25, -0.2) is 9.97 Å². The molecule has 1 heterocycles. The molecule has 0 atom stereocenters. The van der Waals surface area contributed by atoms with Crippen LogP contribution in [0.1, 0.15) is 10.4 Å². The van der Waals surface area contributed by atoms with Gasteiger partial charge in [-0.05, 0) is 30.3 Å². The molecule has 1 aromatic heterocycles. The van der Waals surface area contributed by atoms with E-state index in [0.29, 0.717) is 28.0 Å². The average molecular weight is 374 g/mol. The van der Waals surface area contributed by atoms with Crippen LogP contribution in [0.4, 0.5) is 11.4 Å². The highest BCUT2D eigenvalue weighted by Gasteiger charge is 2.17. The number of aromatic nitrogens is 2. The van der Waals surface area contributed by atoms with Crippen molar-refractivity contribution in [2.24, 2.45) is 0 Å². The van der Waals surface area contributed by atoms with E-state index in [1.165, 1.54) is 31.4 Å². The van der Waals surface area contributed by atoms with E-state index in [-0.39, 0.29) is 11.3 Å². The highest BCUT2D eigenvalue weighted by Crippen LogP contribution is 2.33. The SMILES string of the molecule is COc1ccc2nc3ccccc3nc2c1NC(=O)c1cccc([N+](=O)[O-])c1. The molecule has 1 N–H and O–H groups in total. The lowest BCUT2D eigenvalue weighted by Crippen LogP contribution is -2.13. The summed E-state index contributed by atoms with van der Waals surface area (Å²) in [5.41, 5.74) is 2.82. The van der Waals surface area contributed by atoms with Gasteiger partial charge in [0.1, 0.15) is 17.0 Å². The van der Waals surface area contributed by atoms with Crippen molar-refractivity contribution in [3.05, 3.63) is 76.3 Å². The number of ether oxygens (including phenoxy) is 1. The van der Waals surface area contributed by atoms with Gasteiger partial charge < -0.3 is 10.1 Å². The number of benzene rings is 3. The Balaban J connectivity index is 1.82. The Labute approximate surface area is 158 Å². The zero-order valence-electron chi connectivity index (χ0n) is 14.7. The van der Waals surface area contributed by atoms with Crippen LogP contribution in [0.5, 0.6) is 5.75 Å². The van der Waals surface area contributed by atoms with Crippen LogP contribution in [0.3, 0.4) is 0 Å². The Kier molecular flexibility index (Phi) is 4.29. The molecule has 0 aliphatic carbocycles. The summed E-state index contributed by atoms with van der Waals surface area (Å²) in [5, 5.41) is 13.7. The molecule has 8 heteroatoms. The van der Waals surface area contributed by atoms with E-state index in [1.807, 2.05) is 24.3 Å². The number of rotatable bonds is 4. The highest BCUT2D eigenvalue weighted by molar-refractivity contribution is 6.10. The summed E-state index contributed by atoms with van der Waals surface area (Å²) in [6, 6.07) is 16.4. The third kappa shape index (κ3) is 3.07. The Morgan fingerprint density at radius 2 is 1.75 bits per heavy atom. The fourth-order valence-electron chi connectivity index (χ4n) is 2.91. The number of carbonyl (C=O) groups is 1. The van der Waals surface area contributed by atoms with Gasteiger partial charge in [-0.2, -0.15) is 0 Å². The third-order valence-electron chi connectivity index (χ3n) is 4.25. The van der Waals surface area contributed by atoms with Crippen LogP contribution in [0.25, 0.3) is 22.1 Å². The number of para-hydroxylation sites is 2. The molecule has 0 saturated heterocycles. The molecule has 0 unspecified atom stereocenters. The van der Waals surface area contributed by atoms with Gasteiger partial charge in [0.15, 0.2) is 0 Å². The number of amides is 1. The number of fused-ring (bicyclic) bond motifs is 2. The van der Waals surface area contributed by atoms with E-state index < -0.39 is 10.8 Å². The topological polar surface area (TPSA) is 107 Å². The average Bonchev–Trinajstić information content (AvgIpc) is 2.72. The van der Waals surface area contributed by atoms with Gasteiger partial charge in [0.05, 0.1) is 28.6 Å². The maximum Gasteiger partial charge on any atom is 0.270 e. The van der Waals surface area contributed by atoms with Crippen LogP contribution in [0.15, 0.2) is 60.7 Å². The van der Waals surface area contributed by atoms with E-state index in [4.69, 9.17) is 4.74 Å². The number of methoxy groups -OCH3 is 1. The van der Waals surface area contributed by atoms with Crippen molar-refractivity contribution < 1.29 is 14.5 Å². The molecule has 0 aliphatic rings. The summed E-state index contributed by atoms with van der Waals surface area (Å²) < 4.78 is 5.37. The molecule has 1 amide bonds. The number of anilines is 1. The zero-order chi connectivity index (χ0) is 19.7. The van der Waals surface area contributed by atoms with Gasteiger partial charge in [-0.15, -0.1) is 0 Å². The van der Waals surface area contributed by atoms with Crippen LogP contribution in [0.2, 0.25) is 0 Å². The Bertz CT molecular complexity index is 1240. The summed E-state index contributed by atoms with van der Waals surface area (Å²) in [6.45, 7) is 0. The van der Waals surface area contributed by atoms with Crippen molar-refractivity contribution in [2.45, 2.75) is 0 Å². The standard InChI is InChI=1S/C20H14N4O4/c1-28-17-10-9-16-18(22-15-8-3-2-7-14(15)21-16)19(17)23-20(25)12-5-4-6-13(11-12)24(26)27/h2-11H,1H3,(H,23,25). The van der Waals surface area contributed by atoms with Crippen molar-refractivity contribution >= 4 is 39.3 Å². The number of nitro groups is 1. The fraction of sp³-hybridized carbons (Fsp3) is 0.0500. The molecule has 0 fully saturated rings. The molecule has 3 aromatic carbocycles. The van der Waals surface area contributed by atoms with Gasteiger partial charge >= 0.3 is 0 Å². The zero-order valence-corrected chi connectivity index (χ0v) is 14.7. The third-order valence-corrected chi connectivity index (χ3v) is 4.25. The van der Waals surface area contributed by atoms with Crippen molar-refractivity contribution in [3.8, 4) is 5.75 Å². The molecule has 8 nitrogen and oxygen atoms in total. The monoisotopic (exact) mass is 374 g/mol. The summed E-state index contributed by atoms with van der Waals surface area (Å²) in [6.07, 6.45) is 0. The quantitative estimate of drug-likeness (QED) is 0.329. The highest BCUT2D eigenvalue weighted by atomic mass is 16.6. The lowest BCUT2D eigenvalue weighted by molar-refractivity contribution is -0.384. The fourth-order valence-corrected chi connectivity index (χ4v) is 2.91. The minimum Gasteiger partial charge on any atom is -0.494 e. The second kappa shape index (κ2) is 6.92. The van der Waals surface area contributed by atoms with E-state index in [9.17, 15) is 14.9 Å². The van der Waals surface area contributed by atoms with E-state index in [0.717, 1.165) is 5.52 Å². The second-order valence-corrected chi connectivity index (χ2v) is 5.98. The van der Waals surface area contributed by atoms with Crippen molar-refractivity contribution in [1.29, 1.82) is 0 Å². The van der Waals surface area contributed by atoms with Gasteiger partial charge in [0.25, 0.3) is 11.6 Å². The van der Waals surface area contributed by atoms with Gasteiger partial charge in [0, 0.05) is 17.7 Å². The Morgan fingerprint density at radius 1 is 1.00 bits per heavy atom. The first kappa shape index (κ1) is 17.3. The molecule has 4 aromatic rings. The van der Waals surface area contributed by atoms with Gasteiger partial charge in [-0.3, -0.25) is 14.9 Å². The number of nitrogens with one attached hydrogen (secondary N) is 1. The summed E-state index contributed by atoms with van der Waals surface area (Å²) in [5.74, 6) is -0.0969. The number of hydrogen-bond donors (Lipinski definition) is 1. The summed E-state index contributed by atoms with van der Waals surface area (Å²) >= 11 is 0. The summed E-state index contributed by atoms with van der Waals surface area (Å²) in [4.78, 5) is 32.3. The van der Waals surface area contributed by atoms with Crippen LogP contribution >= 0.6 is 0 Å². The molecular formula is C20H14N4O4. The molecule has 0 bridgehead atoms. The van der Waals surface area contributed by atoms with E-state index in [1.54, 1.807) is 12.1 Å². The predicted octanol–water partition coefficient (Wildman–Crippen LogP) is 3.95.